The number of ether oxygens (including phenoxy) is 4. The molecule has 0 aromatic heterocycles. The van der Waals surface area contributed by atoms with E-state index in [1.807, 2.05) is 4.90 Å². The Labute approximate surface area is 479 Å². The predicted molar refractivity (Wildman–Crippen MR) is 319 cm³/mol. The number of nitrogens with zero attached hydrogens (tertiary/aromatic N) is 1. The molecule has 0 aromatic carbocycles. The van der Waals surface area contributed by atoms with Crippen LogP contribution in [0.15, 0.2) is 0 Å². The van der Waals surface area contributed by atoms with Crippen molar-refractivity contribution >= 4 is 23.9 Å². The summed E-state index contributed by atoms with van der Waals surface area (Å²) in [5.41, 5.74) is -1.25. The van der Waals surface area contributed by atoms with Crippen LogP contribution in [0.25, 0.3) is 0 Å². The molecular formula is C68H123NO9. The number of unbranched alkanes of at least 4 members (excludes halogenated alkanes) is 27. The monoisotopic (exact) mass is 1100 g/mol. The highest BCUT2D eigenvalue weighted by Crippen LogP contribution is 2.47. The molecule has 3 saturated carbocycles. The predicted octanol–water partition coefficient (Wildman–Crippen LogP) is 17.6. The topological polar surface area (TPSA) is 129 Å². The summed E-state index contributed by atoms with van der Waals surface area (Å²) in [6.07, 6.45) is 53.7. The standard InChI is InChI=1S/C68H123NO9/c1-4-7-10-13-19-28-37-57-48-60(57)40-31-22-16-25-34-43-64(71)75-53-68(56-78-67(74)46-47-69-51-63(70)52-69,54-76-65(72)44-35-26-17-23-32-41-61-49-58(61)38-29-20-14-11-8-5-2)55-77-66(73)45-36-27-18-24-33-42-62-50-59(62)39-30-21-15-12-9-6-3/h57-63,70H,4-56H2,1-3H3. The van der Waals surface area contributed by atoms with Crippen molar-refractivity contribution in [3.8, 4) is 0 Å². The number of hydrogen-bond acceptors (Lipinski definition) is 10. The summed E-state index contributed by atoms with van der Waals surface area (Å²) in [7, 11) is 0. The van der Waals surface area contributed by atoms with Gasteiger partial charge in [-0.25, -0.2) is 0 Å². The van der Waals surface area contributed by atoms with Gasteiger partial charge < -0.3 is 24.1 Å². The van der Waals surface area contributed by atoms with Crippen molar-refractivity contribution in [1.82, 2.24) is 4.90 Å². The Morgan fingerprint density at radius 3 is 0.833 bits per heavy atom. The van der Waals surface area contributed by atoms with E-state index in [0.717, 1.165) is 93.3 Å². The summed E-state index contributed by atoms with van der Waals surface area (Å²) in [6.45, 7) is 7.55. The highest BCUT2D eigenvalue weighted by molar-refractivity contribution is 5.71. The van der Waals surface area contributed by atoms with Gasteiger partial charge >= 0.3 is 23.9 Å². The first kappa shape index (κ1) is 68.3. The maximum atomic E-state index is 13.3. The van der Waals surface area contributed by atoms with Gasteiger partial charge in [-0.05, 0) is 74.0 Å². The van der Waals surface area contributed by atoms with E-state index in [9.17, 15) is 24.3 Å². The molecule has 6 atom stereocenters. The Morgan fingerprint density at radius 2 is 0.577 bits per heavy atom. The van der Waals surface area contributed by atoms with Crippen molar-refractivity contribution in [2.75, 3.05) is 46.1 Å². The number of rotatable bonds is 56. The number of esters is 4. The highest BCUT2D eigenvalue weighted by atomic mass is 16.6. The zero-order valence-electron chi connectivity index (χ0n) is 51.2. The van der Waals surface area contributed by atoms with Gasteiger partial charge in [0.15, 0.2) is 0 Å². The van der Waals surface area contributed by atoms with Crippen LogP contribution in [0.1, 0.15) is 316 Å². The second-order valence-corrected chi connectivity index (χ2v) is 26.2. The number of aliphatic hydroxyl groups excluding tert-OH is 1. The van der Waals surface area contributed by atoms with Crippen molar-refractivity contribution in [2.45, 2.75) is 322 Å². The fourth-order valence-corrected chi connectivity index (χ4v) is 12.7. The third-order valence-electron chi connectivity index (χ3n) is 18.6. The van der Waals surface area contributed by atoms with E-state index in [2.05, 4.69) is 20.8 Å². The minimum absolute atomic E-state index is 0.128. The Kier molecular flexibility index (Phi) is 38.1. The molecule has 0 bridgehead atoms. The lowest BCUT2D eigenvalue weighted by atomic mass is 9.92. The molecular weight excluding hydrogens is 975 g/mol. The maximum Gasteiger partial charge on any atom is 0.307 e. The van der Waals surface area contributed by atoms with Gasteiger partial charge in [-0.2, -0.15) is 0 Å². The van der Waals surface area contributed by atoms with Crippen LogP contribution in [0.2, 0.25) is 0 Å². The van der Waals surface area contributed by atoms with Crippen LogP contribution in [0, 0.1) is 40.9 Å². The molecule has 0 amide bonds. The molecule has 1 N–H and O–H groups in total. The molecule has 3 aliphatic carbocycles. The lowest BCUT2D eigenvalue weighted by Gasteiger charge is -2.35. The summed E-state index contributed by atoms with van der Waals surface area (Å²) in [5, 5.41) is 9.75. The molecule has 1 saturated heterocycles. The van der Waals surface area contributed by atoms with Gasteiger partial charge in [-0.15, -0.1) is 0 Å². The Bertz CT molecular complexity index is 1390. The molecule has 10 heteroatoms. The second-order valence-electron chi connectivity index (χ2n) is 26.2. The van der Waals surface area contributed by atoms with E-state index >= 15 is 0 Å². The molecule has 1 aliphatic heterocycles. The molecule has 4 fully saturated rings. The lowest BCUT2D eigenvalue weighted by molar-refractivity contribution is -0.171. The molecule has 454 valence electrons. The van der Waals surface area contributed by atoms with Gasteiger partial charge in [0.25, 0.3) is 0 Å². The zero-order valence-corrected chi connectivity index (χ0v) is 51.2. The van der Waals surface area contributed by atoms with Gasteiger partial charge in [-0.3, -0.25) is 24.1 Å². The summed E-state index contributed by atoms with van der Waals surface area (Å²) in [4.78, 5) is 55.2. The number of hydrogen-bond donors (Lipinski definition) is 1. The molecule has 0 aromatic rings. The third-order valence-corrected chi connectivity index (χ3v) is 18.6. The van der Waals surface area contributed by atoms with Crippen molar-refractivity contribution in [3.63, 3.8) is 0 Å². The van der Waals surface area contributed by atoms with Crippen LogP contribution < -0.4 is 0 Å². The summed E-state index contributed by atoms with van der Waals surface area (Å²) >= 11 is 0. The average molecular weight is 1100 g/mol. The fraction of sp³-hybridized carbons (Fsp3) is 0.941. The number of β-amino-alcohol motifs (C(OH)–C–C–N with tert-alkyl or cyclic N) is 1. The van der Waals surface area contributed by atoms with Crippen LogP contribution in [0.5, 0.6) is 0 Å². The average Bonchev–Trinajstić information content (AvgIpc) is 4.39. The maximum absolute atomic E-state index is 13.3. The molecule has 78 heavy (non-hydrogen) atoms. The smallest absolute Gasteiger partial charge is 0.307 e. The van der Waals surface area contributed by atoms with Crippen LogP contribution in [-0.2, 0) is 38.1 Å². The van der Waals surface area contributed by atoms with Gasteiger partial charge in [0, 0.05) is 38.9 Å². The SMILES string of the molecule is CCCCCCCCC1CC1CCCCCCCC(=O)OCC(COC(=O)CCCCCCCC1CC1CCCCCCCC)(COC(=O)CCCCCCCC1CC1CCCCCCCC)COC(=O)CCN1CC(O)C1. The van der Waals surface area contributed by atoms with Crippen molar-refractivity contribution in [1.29, 1.82) is 0 Å². The normalized spacial score (nSPS) is 21.4. The molecule has 1 heterocycles. The van der Waals surface area contributed by atoms with Gasteiger partial charge in [-0.1, -0.05) is 252 Å². The summed E-state index contributed by atoms with van der Waals surface area (Å²) in [5.74, 6) is 4.20. The Morgan fingerprint density at radius 1 is 0.346 bits per heavy atom. The summed E-state index contributed by atoms with van der Waals surface area (Å²) in [6, 6.07) is 0. The van der Waals surface area contributed by atoms with Crippen LogP contribution in [-0.4, -0.2) is 86.0 Å². The van der Waals surface area contributed by atoms with E-state index in [-0.39, 0.29) is 76.1 Å². The van der Waals surface area contributed by atoms with Crippen molar-refractivity contribution in [2.24, 2.45) is 40.9 Å². The van der Waals surface area contributed by atoms with Crippen LogP contribution in [0.4, 0.5) is 0 Å². The molecule has 0 radical (unpaired) electrons. The molecule has 6 unspecified atom stereocenters. The molecule has 4 aliphatic rings. The third kappa shape index (κ3) is 34.3. The molecule has 10 nitrogen and oxygen atoms in total. The van der Waals surface area contributed by atoms with Gasteiger partial charge in [0.2, 0.25) is 0 Å². The van der Waals surface area contributed by atoms with Crippen LogP contribution >= 0.6 is 0 Å². The van der Waals surface area contributed by atoms with Crippen molar-refractivity contribution in [3.05, 3.63) is 0 Å². The van der Waals surface area contributed by atoms with E-state index in [1.54, 1.807) is 0 Å². The number of carbonyl (C=O) groups excluding carboxylic acids is 4. The van der Waals surface area contributed by atoms with E-state index in [0.29, 0.717) is 19.6 Å². The van der Waals surface area contributed by atoms with Crippen molar-refractivity contribution < 1.29 is 43.2 Å². The zero-order chi connectivity index (χ0) is 55.7. The number of likely N-dealkylation sites (tertiary alicyclic amines) is 1. The highest BCUT2D eigenvalue weighted by Gasteiger charge is 2.39. The lowest BCUT2D eigenvalue weighted by Crippen LogP contribution is -2.51. The second kappa shape index (κ2) is 43.5. The first-order chi connectivity index (χ1) is 38.1. The number of aliphatic hydroxyl groups is 1. The van der Waals surface area contributed by atoms with Crippen LogP contribution in [0.3, 0.4) is 0 Å². The first-order valence-corrected chi connectivity index (χ1v) is 34.2. The fourth-order valence-electron chi connectivity index (χ4n) is 12.7. The molecule has 4 rings (SSSR count). The number of carbonyl (C=O) groups is 4. The van der Waals surface area contributed by atoms with E-state index < -0.39 is 11.4 Å². The van der Waals surface area contributed by atoms with E-state index in [4.69, 9.17) is 18.9 Å². The summed E-state index contributed by atoms with van der Waals surface area (Å²) < 4.78 is 23.6. The first-order valence-electron chi connectivity index (χ1n) is 34.2. The largest absolute Gasteiger partial charge is 0.465 e. The Balaban J connectivity index is 1.19. The molecule has 0 spiro atoms. The minimum atomic E-state index is -1.25. The minimum Gasteiger partial charge on any atom is -0.465 e. The van der Waals surface area contributed by atoms with E-state index in [1.165, 1.54) is 212 Å². The quantitative estimate of drug-likeness (QED) is 0.0357. The van der Waals surface area contributed by atoms with Gasteiger partial charge in [0.05, 0.1) is 12.5 Å². The Hall–Kier alpha value is -2.20. The van der Waals surface area contributed by atoms with Gasteiger partial charge in [0.1, 0.15) is 31.8 Å².